The lowest BCUT2D eigenvalue weighted by Crippen LogP contribution is -2.51. The Morgan fingerprint density at radius 2 is 1.72 bits per heavy atom. The lowest BCUT2D eigenvalue weighted by atomic mass is 10.2. The Morgan fingerprint density at radius 3 is 2.41 bits per heavy atom. The molecule has 2 aromatic rings. The van der Waals surface area contributed by atoms with Crippen LogP contribution < -0.4 is 4.74 Å². The molecule has 0 spiro atoms. The van der Waals surface area contributed by atoms with Gasteiger partial charge < -0.3 is 14.4 Å². The monoisotopic (exact) mass is 396 g/mol. The lowest BCUT2D eigenvalue weighted by Gasteiger charge is -2.35. The highest BCUT2D eigenvalue weighted by Gasteiger charge is 2.27. The number of aryl methyl sites for hydroxylation is 1. The van der Waals surface area contributed by atoms with E-state index in [4.69, 9.17) is 9.47 Å². The van der Waals surface area contributed by atoms with Crippen LogP contribution in [0.1, 0.15) is 18.1 Å². The maximum atomic E-state index is 12.6. The summed E-state index contributed by atoms with van der Waals surface area (Å²) in [5.74, 6) is -0.0983. The minimum absolute atomic E-state index is 0.159. The van der Waals surface area contributed by atoms with Crippen LogP contribution in [0.3, 0.4) is 0 Å². The third kappa shape index (κ3) is 6.32. The first-order valence-corrected chi connectivity index (χ1v) is 9.95. The number of rotatable bonds is 7. The average Bonchev–Trinajstić information content (AvgIpc) is 2.73. The first-order valence-electron chi connectivity index (χ1n) is 9.95. The Labute approximate surface area is 172 Å². The second-order valence-corrected chi connectivity index (χ2v) is 7.32. The predicted octanol–water partition coefficient (Wildman–Crippen LogP) is 2.65. The number of piperazine rings is 1. The molecule has 1 unspecified atom stereocenters. The molecule has 3 rings (SSSR count). The van der Waals surface area contributed by atoms with E-state index in [1.54, 1.807) is 17.9 Å². The SMILES string of the molecule is Cc1cccc(OCC(=O)OC(C)C(=O)N2CCN(Cc3ccccc3)CC2)c1. The molecule has 0 bridgehead atoms. The molecule has 0 aromatic heterocycles. The maximum Gasteiger partial charge on any atom is 0.344 e. The Balaban J connectivity index is 1.40. The van der Waals surface area contributed by atoms with Gasteiger partial charge in [-0.15, -0.1) is 0 Å². The number of benzene rings is 2. The van der Waals surface area contributed by atoms with Crippen molar-refractivity contribution in [2.45, 2.75) is 26.5 Å². The molecular formula is C23H28N2O4. The molecule has 154 valence electrons. The molecule has 1 amide bonds. The van der Waals surface area contributed by atoms with Gasteiger partial charge in [-0.3, -0.25) is 9.69 Å². The van der Waals surface area contributed by atoms with Gasteiger partial charge in [0.25, 0.3) is 5.91 Å². The Kier molecular flexibility index (Phi) is 7.25. The molecule has 0 N–H and O–H groups in total. The highest BCUT2D eigenvalue weighted by molar-refractivity contribution is 5.83. The van der Waals surface area contributed by atoms with E-state index in [0.29, 0.717) is 18.8 Å². The molecule has 2 aromatic carbocycles. The van der Waals surface area contributed by atoms with Crippen molar-refractivity contribution in [3.05, 3.63) is 65.7 Å². The first kappa shape index (κ1) is 20.9. The van der Waals surface area contributed by atoms with Gasteiger partial charge in [-0.05, 0) is 37.1 Å². The minimum Gasteiger partial charge on any atom is -0.482 e. The second kappa shape index (κ2) is 10.1. The lowest BCUT2D eigenvalue weighted by molar-refractivity contribution is -0.161. The van der Waals surface area contributed by atoms with Crippen molar-refractivity contribution in [1.29, 1.82) is 0 Å². The number of ether oxygens (including phenoxy) is 2. The molecule has 1 aliphatic heterocycles. The van der Waals surface area contributed by atoms with Crippen molar-refractivity contribution in [3.63, 3.8) is 0 Å². The van der Waals surface area contributed by atoms with Gasteiger partial charge in [-0.2, -0.15) is 0 Å². The van der Waals surface area contributed by atoms with Crippen molar-refractivity contribution in [3.8, 4) is 5.75 Å². The number of hydrogen-bond acceptors (Lipinski definition) is 5. The Morgan fingerprint density at radius 1 is 1.00 bits per heavy atom. The van der Waals surface area contributed by atoms with Gasteiger partial charge in [0.1, 0.15) is 5.75 Å². The largest absolute Gasteiger partial charge is 0.482 e. The molecule has 29 heavy (non-hydrogen) atoms. The molecule has 1 saturated heterocycles. The summed E-state index contributed by atoms with van der Waals surface area (Å²) in [7, 11) is 0. The number of nitrogens with zero attached hydrogens (tertiary/aromatic N) is 2. The van der Waals surface area contributed by atoms with Crippen LogP contribution >= 0.6 is 0 Å². The molecule has 1 heterocycles. The molecule has 1 fully saturated rings. The van der Waals surface area contributed by atoms with Crippen molar-refractivity contribution in [2.75, 3.05) is 32.8 Å². The van der Waals surface area contributed by atoms with Crippen LogP contribution in [0.2, 0.25) is 0 Å². The normalized spacial score (nSPS) is 15.6. The summed E-state index contributed by atoms with van der Waals surface area (Å²) in [4.78, 5) is 28.7. The second-order valence-electron chi connectivity index (χ2n) is 7.32. The summed E-state index contributed by atoms with van der Waals surface area (Å²) in [6, 6.07) is 17.7. The summed E-state index contributed by atoms with van der Waals surface area (Å²) in [5.41, 5.74) is 2.31. The van der Waals surface area contributed by atoms with E-state index in [1.807, 2.05) is 43.3 Å². The van der Waals surface area contributed by atoms with E-state index in [1.165, 1.54) is 5.56 Å². The van der Waals surface area contributed by atoms with E-state index in [9.17, 15) is 9.59 Å². The van der Waals surface area contributed by atoms with E-state index < -0.39 is 12.1 Å². The molecule has 0 radical (unpaired) electrons. The first-order chi connectivity index (χ1) is 14.0. The zero-order valence-corrected chi connectivity index (χ0v) is 17.0. The van der Waals surface area contributed by atoms with Crippen LogP contribution in [0.25, 0.3) is 0 Å². The quantitative estimate of drug-likeness (QED) is 0.674. The van der Waals surface area contributed by atoms with E-state index >= 15 is 0 Å². The fourth-order valence-electron chi connectivity index (χ4n) is 3.35. The van der Waals surface area contributed by atoms with Crippen LogP contribution in [0.15, 0.2) is 54.6 Å². The Bertz CT molecular complexity index is 817. The summed E-state index contributed by atoms with van der Waals surface area (Å²) >= 11 is 0. The van der Waals surface area contributed by atoms with Crippen LogP contribution in [-0.4, -0.2) is 60.6 Å². The van der Waals surface area contributed by atoms with Crippen molar-refractivity contribution in [2.24, 2.45) is 0 Å². The molecule has 0 aliphatic carbocycles. The van der Waals surface area contributed by atoms with E-state index in [2.05, 4.69) is 17.0 Å². The van der Waals surface area contributed by atoms with Gasteiger partial charge in [0.15, 0.2) is 12.7 Å². The third-order valence-electron chi connectivity index (χ3n) is 4.94. The summed E-state index contributed by atoms with van der Waals surface area (Å²) < 4.78 is 10.7. The standard InChI is InChI=1S/C23H28N2O4/c1-18-7-6-10-21(15-18)28-17-22(26)29-19(2)23(27)25-13-11-24(12-14-25)16-20-8-4-3-5-9-20/h3-10,15,19H,11-14,16-17H2,1-2H3. The number of carbonyl (C=O) groups excluding carboxylic acids is 2. The highest BCUT2D eigenvalue weighted by Crippen LogP contribution is 2.13. The smallest absolute Gasteiger partial charge is 0.344 e. The fourth-order valence-corrected chi connectivity index (χ4v) is 3.35. The molecule has 1 atom stereocenters. The van der Waals surface area contributed by atoms with E-state index in [0.717, 1.165) is 25.2 Å². The van der Waals surface area contributed by atoms with Gasteiger partial charge in [0.2, 0.25) is 0 Å². The minimum atomic E-state index is -0.815. The Hall–Kier alpha value is -2.86. The van der Waals surface area contributed by atoms with Crippen molar-refractivity contribution in [1.82, 2.24) is 9.80 Å². The van der Waals surface area contributed by atoms with E-state index in [-0.39, 0.29) is 12.5 Å². The van der Waals surface area contributed by atoms with Crippen LogP contribution in [0.5, 0.6) is 5.75 Å². The maximum absolute atomic E-state index is 12.6. The third-order valence-corrected chi connectivity index (χ3v) is 4.94. The molecule has 6 heteroatoms. The summed E-state index contributed by atoms with van der Waals surface area (Å²) in [5, 5.41) is 0. The van der Waals surface area contributed by atoms with Crippen molar-refractivity contribution < 1.29 is 19.1 Å². The molecule has 1 aliphatic rings. The fraction of sp³-hybridized carbons (Fsp3) is 0.391. The van der Waals surface area contributed by atoms with Crippen molar-refractivity contribution >= 4 is 11.9 Å². The summed E-state index contributed by atoms with van der Waals surface area (Å²) in [6.07, 6.45) is -0.815. The molecule has 6 nitrogen and oxygen atoms in total. The van der Waals surface area contributed by atoms with Gasteiger partial charge in [-0.25, -0.2) is 4.79 Å². The zero-order chi connectivity index (χ0) is 20.6. The topological polar surface area (TPSA) is 59.1 Å². The highest BCUT2D eigenvalue weighted by atomic mass is 16.6. The number of carbonyl (C=O) groups is 2. The zero-order valence-electron chi connectivity index (χ0n) is 17.0. The van der Waals surface area contributed by atoms with Crippen LogP contribution in [-0.2, 0) is 20.9 Å². The number of amides is 1. The van der Waals surface area contributed by atoms with Crippen LogP contribution in [0, 0.1) is 6.92 Å². The summed E-state index contributed by atoms with van der Waals surface area (Å²) in [6.45, 7) is 7.10. The molecule has 0 saturated carbocycles. The van der Waals surface area contributed by atoms with Crippen LogP contribution in [0.4, 0.5) is 0 Å². The van der Waals surface area contributed by atoms with Gasteiger partial charge in [0, 0.05) is 32.7 Å². The van der Waals surface area contributed by atoms with Gasteiger partial charge in [-0.1, -0.05) is 42.5 Å². The average molecular weight is 396 g/mol. The van der Waals surface area contributed by atoms with Gasteiger partial charge in [0.05, 0.1) is 0 Å². The predicted molar refractivity (Wildman–Crippen MR) is 111 cm³/mol. The molecular weight excluding hydrogens is 368 g/mol. The van der Waals surface area contributed by atoms with Gasteiger partial charge >= 0.3 is 5.97 Å². The number of esters is 1. The number of hydrogen-bond donors (Lipinski definition) is 0.